The normalized spacial score (nSPS) is 24.9. The summed E-state index contributed by atoms with van der Waals surface area (Å²) < 4.78 is 5.54. The summed E-state index contributed by atoms with van der Waals surface area (Å²) in [5.41, 5.74) is 3.95. The highest BCUT2D eigenvalue weighted by Gasteiger charge is 2.33. The van der Waals surface area contributed by atoms with E-state index >= 15 is 0 Å². The number of hydrogen-bond donors (Lipinski definition) is 0. The van der Waals surface area contributed by atoms with Crippen molar-refractivity contribution in [3.05, 3.63) is 45.3 Å². The molecule has 3 heteroatoms. The van der Waals surface area contributed by atoms with E-state index in [2.05, 4.69) is 24.0 Å². The van der Waals surface area contributed by atoms with Gasteiger partial charge in [0.25, 0.3) is 0 Å². The quantitative estimate of drug-likeness (QED) is 0.759. The van der Waals surface area contributed by atoms with Gasteiger partial charge in [0.2, 0.25) is 0 Å². The smallest absolute Gasteiger partial charge is 0.336 e. The van der Waals surface area contributed by atoms with E-state index in [1.54, 1.807) is 6.07 Å². The largest absolute Gasteiger partial charge is 0.422 e. The monoisotopic (exact) mass is 325 g/mol. The number of nitrogens with zero attached hydrogens (tertiary/aromatic N) is 1. The fraction of sp³-hybridized carbons (Fsp3) is 0.571. The number of hydrogen-bond acceptors (Lipinski definition) is 3. The molecule has 0 N–H and O–H groups in total. The standard InChI is InChI=1S/C21H27NO2/c1-14-9-10-18-17(12-20(23)24-21(18)15(14)2)13-22-11-5-7-16-6-3-4-8-19(16)22/h9-10,12,16,19H,3-8,11,13H2,1-2H3/t16-,19-/m0/s1. The predicted octanol–water partition coefficient (Wildman–Crippen LogP) is 4.56. The molecule has 2 atom stereocenters. The molecule has 128 valence electrons. The summed E-state index contributed by atoms with van der Waals surface area (Å²) in [5.74, 6) is 0.864. The van der Waals surface area contributed by atoms with Crippen molar-refractivity contribution < 1.29 is 4.42 Å². The van der Waals surface area contributed by atoms with Gasteiger partial charge in [0.05, 0.1) is 0 Å². The van der Waals surface area contributed by atoms with Gasteiger partial charge in [-0.2, -0.15) is 0 Å². The van der Waals surface area contributed by atoms with Crippen LogP contribution >= 0.6 is 0 Å². The molecule has 1 aliphatic carbocycles. The van der Waals surface area contributed by atoms with Crippen LogP contribution in [0, 0.1) is 19.8 Å². The Bertz CT molecular complexity index is 805. The number of fused-ring (bicyclic) bond motifs is 2. The molecule has 1 saturated carbocycles. The van der Waals surface area contributed by atoms with Crippen LogP contribution in [0.1, 0.15) is 55.2 Å². The van der Waals surface area contributed by atoms with E-state index in [-0.39, 0.29) is 5.63 Å². The molecule has 0 unspecified atom stereocenters. The van der Waals surface area contributed by atoms with Gasteiger partial charge >= 0.3 is 5.63 Å². The molecule has 2 fully saturated rings. The number of aryl methyl sites for hydroxylation is 2. The van der Waals surface area contributed by atoms with Gasteiger partial charge in [-0.1, -0.05) is 25.0 Å². The van der Waals surface area contributed by atoms with Crippen molar-refractivity contribution in [3.63, 3.8) is 0 Å². The van der Waals surface area contributed by atoms with Crippen LogP contribution in [0.3, 0.4) is 0 Å². The molecule has 1 aromatic heterocycles. The minimum absolute atomic E-state index is 0.219. The third-order valence-electron chi connectivity index (χ3n) is 6.25. The van der Waals surface area contributed by atoms with E-state index in [0.29, 0.717) is 6.04 Å². The first kappa shape index (κ1) is 15.9. The summed E-state index contributed by atoms with van der Waals surface area (Å²) in [6.45, 7) is 6.15. The average Bonchev–Trinajstić information content (AvgIpc) is 2.59. The summed E-state index contributed by atoms with van der Waals surface area (Å²) in [6.07, 6.45) is 8.13. The first-order valence-electron chi connectivity index (χ1n) is 9.40. The van der Waals surface area contributed by atoms with Crippen LogP contribution in [0.15, 0.2) is 27.4 Å². The van der Waals surface area contributed by atoms with Crippen LogP contribution in [-0.4, -0.2) is 17.5 Å². The molecule has 0 amide bonds. The highest BCUT2D eigenvalue weighted by molar-refractivity contribution is 5.83. The van der Waals surface area contributed by atoms with Gasteiger partial charge < -0.3 is 4.42 Å². The maximum absolute atomic E-state index is 12.1. The van der Waals surface area contributed by atoms with E-state index in [1.165, 1.54) is 44.1 Å². The Labute approximate surface area is 143 Å². The molecule has 2 heterocycles. The van der Waals surface area contributed by atoms with Crippen LogP contribution < -0.4 is 5.63 Å². The Morgan fingerprint density at radius 2 is 1.92 bits per heavy atom. The maximum Gasteiger partial charge on any atom is 0.336 e. The number of benzene rings is 1. The maximum atomic E-state index is 12.1. The van der Waals surface area contributed by atoms with Gasteiger partial charge in [0.15, 0.2) is 0 Å². The Balaban J connectivity index is 1.71. The van der Waals surface area contributed by atoms with E-state index in [1.807, 2.05) is 6.92 Å². The van der Waals surface area contributed by atoms with Crippen molar-refractivity contribution in [1.82, 2.24) is 4.90 Å². The minimum Gasteiger partial charge on any atom is -0.422 e. The average molecular weight is 325 g/mol. The second-order valence-corrected chi connectivity index (χ2v) is 7.70. The van der Waals surface area contributed by atoms with Gasteiger partial charge in [0.1, 0.15) is 5.58 Å². The van der Waals surface area contributed by atoms with Crippen molar-refractivity contribution in [2.24, 2.45) is 5.92 Å². The van der Waals surface area contributed by atoms with Crippen molar-refractivity contribution in [2.45, 2.75) is 65.0 Å². The zero-order chi connectivity index (χ0) is 16.7. The lowest BCUT2D eigenvalue weighted by Crippen LogP contribution is -2.46. The summed E-state index contributed by atoms with van der Waals surface area (Å²) >= 11 is 0. The first-order chi connectivity index (χ1) is 11.6. The lowest BCUT2D eigenvalue weighted by atomic mass is 9.78. The van der Waals surface area contributed by atoms with Crippen LogP contribution in [0.25, 0.3) is 11.0 Å². The van der Waals surface area contributed by atoms with E-state index in [4.69, 9.17) is 4.42 Å². The fourth-order valence-electron chi connectivity index (χ4n) is 4.80. The molecule has 1 saturated heterocycles. The number of rotatable bonds is 2. The minimum atomic E-state index is -0.219. The fourth-order valence-corrected chi connectivity index (χ4v) is 4.80. The zero-order valence-electron chi connectivity index (χ0n) is 14.8. The Hall–Kier alpha value is -1.61. The summed E-state index contributed by atoms with van der Waals surface area (Å²) in [7, 11) is 0. The number of piperidine rings is 1. The van der Waals surface area contributed by atoms with Crippen molar-refractivity contribution >= 4 is 11.0 Å². The van der Waals surface area contributed by atoms with Crippen LogP contribution in [-0.2, 0) is 6.54 Å². The molecule has 3 nitrogen and oxygen atoms in total. The third kappa shape index (κ3) is 2.79. The molecule has 2 aromatic rings. The highest BCUT2D eigenvalue weighted by Crippen LogP contribution is 2.36. The topological polar surface area (TPSA) is 33.5 Å². The molecule has 0 spiro atoms. The van der Waals surface area contributed by atoms with Crippen LogP contribution in [0.4, 0.5) is 0 Å². The van der Waals surface area contributed by atoms with E-state index < -0.39 is 0 Å². The molecule has 0 radical (unpaired) electrons. The third-order valence-corrected chi connectivity index (χ3v) is 6.25. The van der Waals surface area contributed by atoms with Gasteiger partial charge in [-0.25, -0.2) is 4.79 Å². The van der Waals surface area contributed by atoms with Crippen LogP contribution in [0.5, 0.6) is 0 Å². The summed E-state index contributed by atoms with van der Waals surface area (Å²) in [6, 6.07) is 6.68. The lowest BCUT2D eigenvalue weighted by molar-refractivity contribution is 0.0549. The first-order valence-corrected chi connectivity index (χ1v) is 9.40. The van der Waals surface area contributed by atoms with E-state index in [0.717, 1.165) is 41.1 Å². The molecule has 1 aliphatic heterocycles. The summed E-state index contributed by atoms with van der Waals surface area (Å²) in [5, 5.41) is 1.11. The molecule has 24 heavy (non-hydrogen) atoms. The van der Waals surface area contributed by atoms with Gasteiger partial charge in [-0.15, -0.1) is 0 Å². The van der Waals surface area contributed by atoms with Crippen molar-refractivity contribution in [3.8, 4) is 0 Å². The van der Waals surface area contributed by atoms with Gasteiger partial charge in [0, 0.05) is 24.0 Å². The highest BCUT2D eigenvalue weighted by atomic mass is 16.4. The predicted molar refractivity (Wildman–Crippen MR) is 97.3 cm³/mol. The van der Waals surface area contributed by atoms with Crippen molar-refractivity contribution in [1.29, 1.82) is 0 Å². The van der Waals surface area contributed by atoms with Gasteiger partial charge in [-0.3, -0.25) is 4.90 Å². The zero-order valence-corrected chi connectivity index (χ0v) is 14.8. The Morgan fingerprint density at radius 3 is 2.79 bits per heavy atom. The van der Waals surface area contributed by atoms with Crippen LogP contribution in [0.2, 0.25) is 0 Å². The molecular formula is C21H27NO2. The molecule has 1 aromatic carbocycles. The second-order valence-electron chi connectivity index (χ2n) is 7.70. The molecule has 4 rings (SSSR count). The van der Waals surface area contributed by atoms with Gasteiger partial charge in [-0.05, 0) is 68.7 Å². The number of likely N-dealkylation sites (tertiary alicyclic amines) is 1. The molecule has 2 aliphatic rings. The Kier molecular flexibility index (Phi) is 4.21. The molecular weight excluding hydrogens is 298 g/mol. The van der Waals surface area contributed by atoms with Crippen molar-refractivity contribution in [2.75, 3.05) is 6.54 Å². The SMILES string of the molecule is Cc1ccc2c(CN3CCC[C@@H]4CCCC[C@@H]43)cc(=O)oc2c1C. The Morgan fingerprint density at radius 1 is 1.12 bits per heavy atom. The van der Waals surface area contributed by atoms with E-state index in [9.17, 15) is 4.79 Å². The second kappa shape index (κ2) is 6.36. The summed E-state index contributed by atoms with van der Waals surface area (Å²) in [4.78, 5) is 14.7. The molecule has 0 bridgehead atoms. The lowest BCUT2D eigenvalue weighted by Gasteiger charge is -2.44.